The van der Waals surface area contributed by atoms with Gasteiger partial charge in [-0.3, -0.25) is 9.78 Å². The van der Waals surface area contributed by atoms with Crippen LogP contribution in [-0.2, 0) is 9.53 Å². The molecule has 0 fully saturated rings. The fourth-order valence-electron chi connectivity index (χ4n) is 2.84. The maximum absolute atomic E-state index is 13.6. The van der Waals surface area contributed by atoms with E-state index >= 15 is 0 Å². The zero-order valence-electron chi connectivity index (χ0n) is 15.0. The van der Waals surface area contributed by atoms with Crippen molar-refractivity contribution >= 4 is 28.5 Å². The van der Waals surface area contributed by atoms with Crippen molar-refractivity contribution in [3.63, 3.8) is 0 Å². The normalized spacial score (nSPS) is 10.8. The Morgan fingerprint density at radius 3 is 2.50 bits per heavy atom. The molecule has 1 amide bonds. The predicted octanol–water partition coefficient (Wildman–Crippen LogP) is 4.06. The molecule has 0 saturated carbocycles. The monoisotopic (exact) mass is 388 g/mol. The van der Waals surface area contributed by atoms with Crippen molar-refractivity contribution in [3.8, 4) is 0 Å². The van der Waals surface area contributed by atoms with Crippen molar-refractivity contribution < 1.29 is 27.5 Å². The summed E-state index contributed by atoms with van der Waals surface area (Å²) in [7, 11) is 0. The lowest BCUT2D eigenvalue weighted by Crippen LogP contribution is -2.22. The average Bonchev–Trinajstić information content (AvgIpc) is 2.67. The Morgan fingerprint density at radius 1 is 1.04 bits per heavy atom. The number of rotatable bonds is 4. The third-order valence-electron chi connectivity index (χ3n) is 4.18. The fraction of sp³-hybridized carbons (Fsp3) is 0.150. The van der Waals surface area contributed by atoms with E-state index in [9.17, 15) is 22.8 Å². The van der Waals surface area contributed by atoms with Gasteiger partial charge in [-0.15, -0.1) is 0 Å². The third kappa shape index (κ3) is 3.66. The maximum atomic E-state index is 13.6. The van der Waals surface area contributed by atoms with Crippen molar-refractivity contribution in [1.29, 1.82) is 0 Å². The lowest BCUT2D eigenvalue weighted by Gasteiger charge is -2.12. The molecule has 0 atom stereocenters. The van der Waals surface area contributed by atoms with Gasteiger partial charge in [0.1, 0.15) is 0 Å². The molecule has 0 aliphatic carbocycles. The Balaban J connectivity index is 1.73. The number of benzene rings is 2. The van der Waals surface area contributed by atoms with E-state index in [2.05, 4.69) is 4.98 Å². The van der Waals surface area contributed by atoms with Crippen LogP contribution >= 0.6 is 0 Å². The fourth-order valence-corrected chi connectivity index (χ4v) is 2.84. The van der Waals surface area contributed by atoms with E-state index in [4.69, 9.17) is 4.74 Å². The molecular formula is C20H15F3N2O3. The van der Waals surface area contributed by atoms with Crippen LogP contribution < -0.4 is 5.32 Å². The molecule has 3 rings (SSSR count). The number of nitrogens with one attached hydrogen (secondary N) is 1. The van der Waals surface area contributed by atoms with Crippen LogP contribution in [0.15, 0.2) is 36.4 Å². The molecule has 0 bridgehead atoms. The summed E-state index contributed by atoms with van der Waals surface area (Å²) < 4.78 is 44.7. The van der Waals surface area contributed by atoms with E-state index in [-0.39, 0.29) is 5.56 Å². The summed E-state index contributed by atoms with van der Waals surface area (Å²) in [5.41, 5.74) is 1.49. The number of fused-ring (bicyclic) bond motifs is 1. The van der Waals surface area contributed by atoms with Gasteiger partial charge in [0.25, 0.3) is 5.91 Å². The first kappa shape index (κ1) is 19.3. The molecule has 1 aromatic heterocycles. The minimum atomic E-state index is -1.71. The summed E-state index contributed by atoms with van der Waals surface area (Å²) in [6.07, 6.45) is 0. The number of halogens is 3. The second-order valence-corrected chi connectivity index (χ2v) is 6.06. The van der Waals surface area contributed by atoms with Crippen molar-refractivity contribution in [1.82, 2.24) is 4.98 Å². The van der Waals surface area contributed by atoms with Gasteiger partial charge >= 0.3 is 5.97 Å². The topological polar surface area (TPSA) is 68.3 Å². The Morgan fingerprint density at radius 2 is 1.75 bits per heavy atom. The second kappa shape index (κ2) is 7.67. The zero-order valence-corrected chi connectivity index (χ0v) is 15.0. The van der Waals surface area contributed by atoms with Crippen LogP contribution in [0.2, 0.25) is 0 Å². The van der Waals surface area contributed by atoms with Gasteiger partial charge in [-0.1, -0.05) is 18.2 Å². The van der Waals surface area contributed by atoms with Crippen LogP contribution in [0.4, 0.5) is 18.9 Å². The molecule has 0 radical (unpaired) electrons. The summed E-state index contributed by atoms with van der Waals surface area (Å²) in [5.74, 6) is -6.29. The van der Waals surface area contributed by atoms with E-state index in [0.29, 0.717) is 17.3 Å². The van der Waals surface area contributed by atoms with Crippen LogP contribution in [0.25, 0.3) is 10.9 Å². The summed E-state index contributed by atoms with van der Waals surface area (Å²) in [4.78, 5) is 28.7. The molecule has 5 nitrogen and oxygen atoms in total. The van der Waals surface area contributed by atoms with Crippen molar-refractivity contribution in [2.45, 2.75) is 13.8 Å². The second-order valence-electron chi connectivity index (χ2n) is 6.06. The highest BCUT2D eigenvalue weighted by atomic mass is 19.2. The number of hydrogen-bond donors (Lipinski definition) is 1. The molecule has 3 aromatic rings. The molecule has 0 unspecified atom stereocenters. The van der Waals surface area contributed by atoms with Gasteiger partial charge in [0, 0.05) is 5.39 Å². The number of amides is 1. The molecular weight excluding hydrogens is 373 g/mol. The van der Waals surface area contributed by atoms with Crippen LogP contribution in [-0.4, -0.2) is 23.5 Å². The highest BCUT2D eigenvalue weighted by Crippen LogP contribution is 2.23. The third-order valence-corrected chi connectivity index (χ3v) is 4.18. The molecule has 0 aliphatic heterocycles. The highest BCUT2D eigenvalue weighted by molar-refractivity contribution is 6.00. The molecule has 144 valence electrons. The lowest BCUT2D eigenvalue weighted by atomic mass is 10.0. The number of esters is 1. The Hall–Kier alpha value is -3.42. The first-order valence-electron chi connectivity index (χ1n) is 8.26. The van der Waals surface area contributed by atoms with Gasteiger partial charge in [-0.05, 0) is 37.6 Å². The van der Waals surface area contributed by atoms with Gasteiger partial charge in [-0.25, -0.2) is 18.0 Å². The predicted molar refractivity (Wildman–Crippen MR) is 96.4 cm³/mol. The highest BCUT2D eigenvalue weighted by Gasteiger charge is 2.20. The number of carbonyl (C=O) groups is 2. The first-order valence-corrected chi connectivity index (χ1v) is 8.26. The molecule has 0 aliphatic rings. The van der Waals surface area contributed by atoms with Gasteiger partial charge in [0.2, 0.25) is 0 Å². The average molecular weight is 388 g/mol. The smallest absolute Gasteiger partial charge is 0.340 e. The molecule has 2 aromatic carbocycles. The van der Waals surface area contributed by atoms with Crippen LogP contribution in [0.1, 0.15) is 21.6 Å². The van der Waals surface area contributed by atoms with Crippen LogP contribution in [0.5, 0.6) is 0 Å². The standard InChI is InChI=1S/C20H15F3N2O3/c1-10-12-5-3-4-6-14(12)24-11(2)17(10)20(27)28-9-16(26)25-15-8-7-13(21)18(22)19(15)23/h3-8H,9H2,1-2H3,(H,25,26). The van der Waals surface area contributed by atoms with Gasteiger partial charge < -0.3 is 10.1 Å². The number of para-hydroxylation sites is 1. The minimum Gasteiger partial charge on any atom is -0.452 e. The van der Waals surface area contributed by atoms with E-state index < -0.39 is 41.6 Å². The molecule has 8 heteroatoms. The van der Waals surface area contributed by atoms with E-state index in [1.807, 2.05) is 29.6 Å². The van der Waals surface area contributed by atoms with Crippen LogP contribution in [0, 0.1) is 31.3 Å². The van der Waals surface area contributed by atoms with Gasteiger partial charge in [0.15, 0.2) is 24.1 Å². The SMILES string of the molecule is Cc1nc2ccccc2c(C)c1C(=O)OCC(=O)Nc1ccc(F)c(F)c1F. The van der Waals surface area contributed by atoms with Crippen molar-refractivity contribution in [2.24, 2.45) is 0 Å². The van der Waals surface area contributed by atoms with E-state index in [1.165, 1.54) is 0 Å². The van der Waals surface area contributed by atoms with E-state index in [1.54, 1.807) is 13.8 Å². The molecule has 0 spiro atoms. The quantitative estimate of drug-likeness (QED) is 0.541. The van der Waals surface area contributed by atoms with Crippen molar-refractivity contribution in [2.75, 3.05) is 11.9 Å². The number of ether oxygens (including phenoxy) is 1. The van der Waals surface area contributed by atoms with Crippen LogP contribution in [0.3, 0.4) is 0 Å². The zero-order chi connectivity index (χ0) is 20.4. The molecule has 28 heavy (non-hydrogen) atoms. The number of nitrogens with zero attached hydrogens (tertiary/aromatic N) is 1. The largest absolute Gasteiger partial charge is 0.452 e. The van der Waals surface area contributed by atoms with Gasteiger partial charge in [-0.2, -0.15) is 0 Å². The Bertz CT molecular complexity index is 1100. The summed E-state index contributed by atoms with van der Waals surface area (Å²) >= 11 is 0. The molecule has 0 saturated heterocycles. The number of aromatic nitrogens is 1. The number of pyridine rings is 1. The van der Waals surface area contributed by atoms with E-state index in [0.717, 1.165) is 17.0 Å². The number of anilines is 1. The number of aryl methyl sites for hydroxylation is 2. The maximum Gasteiger partial charge on any atom is 0.340 e. The number of carbonyl (C=O) groups excluding carboxylic acids is 2. The van der Waals surface area contributed by atoms with Crippen molar-refractivity contribution in [3.05, 3.63) is 70.7 Å². The Labute approximate surface area is 158 Å². The van der Waals surface area contributed by atoms with Gasteiger partial charge in [0.05, 0.1) is 22.5 Å². The minimum absolute atomic E-state index is 0.227. The molecule has 1 N–H and O–H groups in total. The molecule has 1 heterocycles. The summed E-state index contributed by atoms with van der Waals surface area (Å²) in [5, 5.41) is 2.80. The Kier molecular flexibility index (Phi) is 5.30. The number of hydrogen-bond acceptors (Lipinski definition) is 4. The summed E-state index contributed by atoms with van der Waals surface area (Å²) in [6.45, 7) is 2.65. The lowest BCUT2D eigenvalue weighted by molar-refractivity contribution is -0.119. The summed E-state index contributed by atoms with van der Waals surface area (Å²) in [6, 6.07) is 8.81. The first-order chi connectivity index (χ1) is 13.3.